The molecular formula is C13H19F2NO. The second-order valence-electron chi connectivity index (χ2n) is 4.02. The summed E-state index contributed by atoms with van der Waals surface area (Å²) in [5.74, 6) is -1.05. The van der Waals surface area contributed by atoms with Crippen molar-refractivity contribution in [3.63, 3.8) is 0 Å². The van der Waals surface area contributed by atoms with Crippen LogP contribution in [0.3, 0.4) is 0 Å². The first-order valence-corrected chi connectivity index (χ1v) is 5.76. The van der Waals surface area contributed by atoms with Gasteiger partial charge in [-0.25, -0.2) is 8.78 Å². The van der Waals surface area contributed by atoms with Crippen molar-refractivity contribution in [2.45, 2.75) is 31.9 Å². The molecule has 0 aliphatic rings. The number of likely N-dealkylation sites (N-methyl/N-ethyl adjacent to an activating group) is 1. The molecular weight excluding hydrogens is 224 g/mol. The number of benzene rings is 1. The highest BCUT2D eigenvalue weighted by Gasteiger charge is 2.19. The van der Waals surface area contributed by atoms with Crippen LogP contribution in [0, 0.1) is 11.6 Å². The topological polar surface area (TPSA) is 21.3 Å². The third kappa shape index (κ3) is 3.75. The molecule has 0 bridgehead atoms. The van der Waals surface area contributed by atoms with Gasteiger partial charge >= 0.3 is 0 Å². The van der Waals surface area contributed by atoms with E-state index in [1.807, 2.05) is 14.0 Å². The average molecular weight is 243 g/mol. The highest BCUT2D eigenvalue weighted by Crippen LogP contribution is 2.15. The predicted octanol–water partition coefficient (Wildman–Crippen LogP) is 2.52. The maximum atomic E-state index is 13.5. The Bertz CT molecular complexity index is 353. The molecule has 0 aliphatic heterocycles. The molecule has 4 heteroatoms. The van der Waals surface area contributed by atoms with E-state index in [1.54, 1.807) is 7.11 Å². The van der Waals surface area contributed by atoms with Crippen LogP contribution in [0.5, 0.6) is 0 Å². The van der Waals surface area contributed by atoms with Crippen LogP contribution in [0.1, 0.15) is 18.9 Å². The first-order chi connectivity index (χ1) is 8.12. The molecule has 0 fully saturated rings. The second-order valence-corrected chi connectivity index (χ2v) is 4.02. The summed E-state index contributed by atoms with van der Waals surface area (Å²) in [5.41, 5.74) is 0.501. The van der Waals surface area contributed by atoms with Gasteiger partial charge in [-0.2, -0.15) is 0 Å². The Morgan fingerprint density at radius 2 is 2.06 bits per heavy atom. The molecule has 0 spiro atoms. The van der Waals surface area contributed by atoms with E-state index in [1.165, 1.54) is 12.1 Å². The summed E-state index contributed by atoms with van der Waals surface area (Å²) < 4.78 is 31.6. The normalized spacial score (nSPS) is 14.6. The van der Waals surface area contributed by atoms with Crippen molar-refractivity contribution in [2.75, 3.05) is 14.2 Å². The van der Waals surface area contributed by atoms with E-state index in [-0.39, 0.29) is 12.1 Å². The highest BCUT2D eigenvalue weighted by molar-refractivity contribution is 5.20. The van der Waals surface area contributed by atoms with Crippen molar-refractivity contribution in [1.29, 1.82) is 0 Å². The summed E-state index contributed by atoms with van der Waals surface area (Å²) in [7, 11) is 3.45. The lowest BCUT2D eigenvalue weighted by Gasteiger charge is -2.24. The van der Waals surface area contributed by atoms with Crippen LogP contribution in [-0.4, -0.2) is 26.3 Å². The van der Waals surface area contributed by atoms with Crippen molar-refractivity contribution in [3.05, 3.63) is 35.4 Å². The zero-order valence-electron chi connectivity index (χ0n) is 10.5. The van der Waals surface area contributed by atoms with Gasteiger partial charge in [0.15, 0.2) is 0 Å². The quantitative estimate of drug-likeness (QED) is 0.829. The molecule has 2 unspecified atom stereocenters. The molecule has 0 saturated heterocycles. The van der Waals surface area contributed by atoms with E-state index in [4.69, 9.17) is 4.74 Å². The Balaban J connectivity index is 2.80. The van der Waals surface area contributed by atoms with Gasteiger partial charge < -0.3 is 10.1 Å². The first kappa shape index (κ1) is 14.1. The highest BCUT2D eigenvalue weighted by atomic mass is 19.1. The Morgan fingerprint density at radius 3 is 2.53 bits per heavy atom. The molecule has 0 aliphatic carbocycles. The summed E-state index contributed by atoms with van der Waals surface area (Å²) in [6, 6.07) is 3.69. The fraction of sp³-hybridized carbons (Fsp3) is 0.538. The van der Waals surface area contributed by atoms with Crippen LogP contribution in [0.25, 0.3) is 0 Å². The van der Waals surface area contributed by atoms with Crippen LogP contribution in [0.4, 0.5) is 8.78 Å². The number of nitrogens with one attached hydrogen (secondary N) is 1. The SMILES string of the molecule is CCC(OC)C(Cc1ccc(F)cc1F)NC. The zero-order chi connectivity index (χ0) is 12.8. The van der Waals surface area contributed by atoms with Crippen LogP contribution in [-0.2, 0) is 11.2 Å². The van der Waals surface area contributed by atoms with E-state index in [0.29, 0.717) is 12.0 Å². The molecule has 2 nitrogen and oxygen atoms in total. The Labute approximate surface area is 101 Å². The van der Waals surface area contributed by atoms with Gasteiger partial charge in [0.1, 0.15) is 11.6 Å². The summed E-state index contributed by atoms with van der Waals surface area (Å²) in [6.07, 6.45) is 1.34. The van der Waals surface area contributed by atoms with Crippen molar-refractivity contribution >= 4 is 0 Å². The minimum atomic E-state index is -0.550. The number of rotatable bonds is 6. The summed E-state index contributed by atoms with van der Waals surface area (Å²) in [6.45, 7) is 2.01. The average Bonchev–Trinajstić information content (AvgIpc) is 2.32. The zero-order valence-corrected chi connectivity index (χ0v) is 10.5. The summed E-state index contributed by atoms with van der Waals surface area (Å²) in [4.78, 5) is 0. The van der Waals surface area contributed by atoms with Gasteiger partial charge in [-0.3, -0.25) is 0 Å². The van der Waals surface area contributed by atoms with Gasteiger partial charge in [-0.05, 0) is 31.5 Å². The fourth-order valence-corrected chi connectivity index (χ4v) is 1.96. The molecule has 1 N–H and O–H groups in total. The third-order valence-corrected chi connectivity index (χ3v) is 2.98. The molecule has 1 rings (SSSR count). The molecule has 0 aromatic heterocycles. The predicted molar refractivity (Wildman–Crippen MR) is 64.0 cm³/mol. The molecule has 1 aromatic rings. The van der Waals surface area contributed by atoms with Gasteiger partial charge in [-0.15, -0.1) is 0 Å². The van der Waals surface area contributed by atoms with Crippen LogP contribution in [0.15, 0.2) is 18.2 Å². The number of hydrogen-bond acceptors (Lipinski definition) is 2. The molecule has 0 radical (unpaired) electrons. The first-order valence-electron chi connectivity index (χ1n) is 5.76. The van der Waals surface area contributed by atoms with Crippen LogP contribution < -0.4 is 5.32 Å². The van der Waals surface area contributed by atoms with Gasteiger partial charge in [0.05, 0.1) is 6.10 Å². The number of ether oxygens (including phenoxy) is 1. The standard InChI is InChI=1S/C13H19F2NO/c1-4-13(17-3)12(16-2)7-9-5-6-10(14)8-11(9)15/h5-6,8,12-13,16H,4,7H2,1-3H3. The minimum Gasteiger partial charge on any atom is -0.380 e. The van der Waals surface area contributed by atoms with Crippen molar-refractivity contribution < 1.29 is 13.5 Å². The number of hydrogen-bond donors (Lipinski definition) is 1. The molecule has 96 valence electrons. The molecule has 1 aromatic carbocycles. The Morgan fingerprint density at radius 1 is 1.35 bits per heavy atom. The van der Waals surface area contributed by atoms with Gasteiger partial charge in [0.2, 0.25) is 0 Å². The van der Waals surface area contributed by atoms with Gasteiger partial charge in [0.25, 0.3) is 0 Å². The maximum absolute atomic E-state index is 13.5. The molecule has 0 saturated carbocycles. The molecule has 2 atom stereocenters. The minimum absolute atomic E-state index is 0.0180. The van der Waals surface area contributed by atoms with Gasteiger partial charge in [0, 0.05) is 19.2 Å². The Kier molecular flexibility index (Phi) is 5.51. The third-order valence-electron chi connectivity index (χ3n) is 2.98. The lowest BCUT2D eigenvalue weighted by molar-refractivity contribution is 0.0675. The fourth-order valence-electron chi connectivity index (χ4n) is 1.96. The summed E-state index contributed by atoms with van der Waals surface area (Å²) in [5, 5.41) is 3.11. The largest absolute Gasteiger partial charge is 0.380 e. The van der Waals surface area contributed by atoms with E-state index in [2.05, 4.69) is 5.32 Å². The monoisotopic (exact) mass is 243 g/mol. The van der Waals surface area contributed by atoms with E-state index < -0.39 is 11.6 Å². The van der Waals surface area contributed by atoms with E-state index in [9.17, 15) is 8.78 Å². The Hall–Kier alpha value is -1.00. The molecule has 17 heavy (non-hydrogen) atoms. The maximum Gasteiger partial charge on any atom is 0.129 e. The summed E-state index contributed by atoms with van der Waals surface area (Å²) >= 11 is 0. The smallest absolute Gasteiger partial charge is 0.129 e. The van der Waals surface area contributed by atoms with Crippen molar-refractivity contribution in [2.24, 2.45) is 0 Å². The molecule has 0 heterocycles. The number of methoxy groups -OCH3 is 1. The van der Waals surface area contributed by atoms with E-state index >= 15 is 0 Å². The van der Waals surface area contributed by atoms with E-state index in [0.717, 1.165) is 12.5 Å². The van der Waals surface area contributed by atoms with Crippen LogP contribution in [0.2, 0.25) is 0 Å². The van der Waals surface area contributed by atoms with Crippen LogP contribution >= 0.6 is 0 Å². The number of halogens is 2. The lowest BCUT2D eigenvalue weighted by Crippen LogP contribution is -2.40. The van der Waals surface area contributed by atoms with Crippen molar-refractivity contribution in [3.8, 4) is 0 Å². The lowest BCUT2D eigenvalue weighted by atomic mass is 9.99. The van der Waals surface area contributed by atoms with Crippen molar-refractivity contribution in [1.82, 2.24) is 5.32 Å². The second kappa shape index (κ2) is 6.67. The van der Waals surface area contributed by atoms with Gasteiger partial charge in [-0.1, -0.05) is 13.0 Å². The molecule has 0 amide bonds.